The lowest BCUT2D eigenvalue weighted by Gasteiger charge is -2.75. The lowest BCUT2D eigenvalue weighted by atomic mass is 9.34. The highest BCUT2D eigenvalue weighted by Gasteiger charge is 2.86. The van der Waals surface area contributed by atoms with Gasteiger partial charge in [-0.3, -0.25) is 28.8 Å². The zero-order chi connectivity index (χ0) is 37.3. The lowest BCUT2D eigenvalue weighted by molar-refractivity contribution is -0.415. The minimum atomic E-state index is -2.62. The molecule has 50 heavy (non-hydrogen) atoms. The maximum absolute atomic E-state index is 13.7. The molecule has 1 aromatic heterocycles. The molecule has 0 aromatic carbocycles. The van der Waals surface area contributed by atoms with E-state index in [1.165, 1.54) is 26.4 Å². The number of carbonyl (C=O) groups is 6. The molecule has 0 spiro atoms. The average molecular weight is 707 g/mol. The van der Waals surface area contributed by atoms with Crippen molar-refractivity contribution in [3.63, 3.8) is 0 Å². The zero-order valence-corrected chi connectivity index (χ0v) is 29.6. The summed E-state index contributed by atoms with van der Waals surface area (Å²) >= 11 is 0. The van der Waals surface area contributed by atoms with Gasteiger partial charge in [-0.05, 0) is 13.0 Å². The van der Waals surface area contributed by atoms with Crippen LogP contribution in [0.4, 0.5) is 0 Å². The molecule has 2 heterocycles. The summed E-state index contributed by atoms with van der Waals surface area (Å²) in [5, 5.41) is 27.3. The Labute approximate surface area is 289 Å². The fourth-order valence-electron chi connectivity index (χ4n) is 10.5. The third-order valence-corrected chi connectivity index (χ3v) is 12.0. The van der Waals surface area contributed by atoms with Gasteiger partial charge in [0.2, 0.25) is 0 Å². The molecule has 1 aliphatic heterocycles. The summed E-state index contributed by atoms with van der Waals surface area (Å²) in [6.45, 7) is 12.2. The van der Waals surface area contributed by atoms with E-state index in [4.69, 9.17) is 32.8 Å². The number of fused-ring (bicyclic) bond motifs is 6. The summed E-state index contributed by atoms with van der Waals surface area (Å²) in [6, 6.07) is 1.55. The van der Waals surface area contributed by atoms with Crippen LogP contribution < -0.4 is 0 Å². The minimum absolute atomic E-state index is 0.369. The summed E-state index contributed by atoms with van der Waals surface area (Å²) in [5.41, 5.74) is -8.12. The standard InChI is InChI=1S/C35H46O15/c1-15-27(16(2)45-17(3)36)33(9)30(48-20(6)39)26(28(15)47-19(5)38)31(49-21(7)40)35(43)23-12-25(41)50-29(22-10-11-44-14-22)32(23,8)24(46-18(4)37)13-34(33,35)42/h10-11,14-16,23-24,26-31,42-43H,12-13H2,1-9H3/t15?,16-,23-,24+,26?,27-,28+,29+,30+,31-,32+,33-,34+,35-/m1/s1. The van der Waals surface area contributed by atoms with Crippen LogP contribution in [0.25, 0.3) is 0 Å². The van der Waals surface area contributed by atoms with Gasteiger partial charge in [0.25, 0.3) is 0 Å². The molecule has 1 saturated heterocycles. The smallest absolute Gasteiger partial charge is 0.306 e. The number of esters is 6. The number of hydrogen-bond acceptors (Lipinski definition) is 15. The first-order valence-corrected chi connectivity index (χ1v) is 16.7. The molecule has 15 heteroatoms. The zero-order valence-electron chi connectivity index (χ0n) is 29.6. The van der Waals surface area contributed by atoms with Gasteiger partial charge in [-0.1, -0.05) is 20.8 Å². The summed E-state index contributed by atoms with van der Waals surface area (Å²) in [6.07, 6.45) is -6.41. The van der Waals surface area contributed by atoms with E-state index >= 15 is 0 Å². The minimum Gasteiger partial charge on any atom is -0.472 e. The molecule has 2 unspecified atom stereocenters. The van der Waals surface area contributed by atoms with Crippen molar-refractivity contribution in [2.45, 2.75) is 123 Å². The highest BCUT2D eigenvalue weighted by molar-refractivity contribution is 5.73. The van der Waals surface area contributed by atoms with Gasteiger partial charge in [0.15, 0.2) is 0 Å². The second kappa shape index (κ2) is 12.7. The van der Waals surface area contributed by atoms with Crippen LogP contribution in [0.15, 0.2) is 23.0 Å². The van der Waals surface area contributed by atoms with Crippen molar-refractivity contribution in [1.29, 1.82) is 0 Å². The predicted molar refractivity (Wildman–Crippen MR) is 166 cm³/mol. The fourth-order valence-corrected chi connectivity index (χ4v) is 10.5. The van der Waals surface area contributed by atoms with E-state index in [2.05, 4.69) is 0 Å². The first kappa shape index (κ1) is 37.3. The Kier molecular flexibility index (Phi) is 9.44. The Morgan fingerprint density at radius 2 is 1.46 bits per heavy atom. The number of aliphatic hydroxyl groups is 2. The largest absolute Gasteiger partial charge is 0.472 e. The first-order chi connectivity index (χ1) is 23.2. The monoisotopic (exact) mass is 706 g/mol. The van der Waals surface area contributed by atoms with Crippen molar-refractivity contribution in [2.24, 2.45) is 34.5 Å². The fraction of sp³-hybridized carbons (Fsp3) is 0.714. The molecule has 2 bridgehead atoms. The van der Waals surface area contributed by atoms with E-state index in [1.807, 2.05) is 0 Å². The van der Waals surface area contributed by atoms with Crippen molar-refractivity contribution < 1.29 is 71.8 Å². The molecule has 14 atom stereocenters. The Morgan fingerprint density at radius 1 is 0.880 bits per heavy atom. The van der Waals surface area contributed by atoms with Crippen LogP contribution in [0.3, 0.4) is 0 Å². The Balaban J connectivity index is 1.91. The third kappa shape index (κ3) is 5.30. The van der Waals surface area contributed by atoms with E-state index in [9.17, 15) is 39.0 Å². The van der Waals surface area contributed by atoms with Crippen molar-refractivity contribution in [2.75, 3.05) is 0 Å². The van der Waals surface area contributed by atoms with Crippen LogP contribution in [-0.4, -0.2) is 87.8 Å². The summed E-state index contributed by atoms with van der Waals surface area (Å²) in [7, 11) is 0. The predicted octanol–water partition coefficient (Wildman–Crippen LogP) is 2.34. The molecule has 0 amide bonds. The second-order valence-electron chi connectivity index (χ2n) is 14.7. The molecule has 4 fully saturated rings. The normalized spacial score (nSPS) is 42.4. The first-order valence-electron chi connectivity index (χ1n) is 16.7. The van der Waals surface area contributed by atoms with Gasteiger partial charge in [-0.25, -0.2) is 0 Å². The van der Waals surface area contributed by atoms with Gasteiger partial charge in [0.1, 0.15) is 47.8 Å². The highest BCUT2D eigenvalue weighted by Crippen LogP contribution is 2.73. The summed E-state index contributed by atoms with van der Waals surface area (Å²) < 4.78 is 40.8. The number of cyclic esters (lactones) is 1. The molecule has 3 saturated carbocycles. The maximum atomic E-state index is 13.7. The van der Waals surface area contributed by atoms with Crippen molar-refractivity contribution in [1.82, 2.24) is 0 Å². The summed E-state index contributed by atoms with van der Waals surface area (Å²) in [4.78, 5) is 77.4. The van der Waals surface area contributed by atoms with Crippen LogP contribution in [0.1, 0.15) is 86.8 Å². The van der Waals surface area contributed by atoms with Crippen molar-refractivity contribution in [3.05, 3.63) is 24.2 Å². The van der Waals surface area contributed by atoms with Gasteiger partial charge in [0.05, 0.1) is 30.3 Å². The molecular weight excluding hydrogens is 660 g/mol. The van der Waals surface area contributed by atoms with Crippen LogP contribution in [0, 0.1) is 34.5 Å². The number of rotatable bonds is 7. The SMILES string of the molecule is CC(=O)O[C@H]1C(C)[C@H]([C@@H](C)OC(C)=O)[C@]2(C)[C@@H](OC(C)=O)C1[C@@H](OC(C)=O)[C@]1(O)[C@@H]3CC(=O)O[C@@H](c4ccoc4)[C@]3(C)[C@@H](OC(C)=O)C[C@]21O. The Morgan fingerprint density at radius 3 is 1.98 bits per heavy atom. The van der Waals surface area contributed by atoms with Crippen molar-refractivity contribution in [3.8, 4) is 0 Å². The van der Waals surface area contributed by atoms with E-state index in [1.54, 1.807) is 33.8 Å². The Bertz CT molecular complexity index is 1550. The molecule has 5 rings (SSSR count). The average Bonchev–Trinajstić information content (AvgIpc) is 3.51. The highest BCUT2D eigenvalue weighted by atomic mass is 16.6. The summed E-state index contributed by atoms with van der Waals surface area (Å²) in [5.74, 6) is -9.19. The quantitative estimate of drug-likeness (QED) is 0.308. The van der Waals surface area contributed by atoms with Gasteiger partial charge < -0.3 is 43.1 Å². The number of furan rings is 1. The van der Waals surface area contributed by atoms with Crippen LogP contribution in [0.2, 0.25) is 0 Å². The topological polar surface area (TPSA) is 211 Å². The van der Waals surface area contributed by atoms with E-state index in [0.29, 0.717) is 5.56 Å². The number of carbonyl (C=O) groups excluding carboxylic acids is 6. The molecule has 2 N–H and O–H groups in total. The molecule has 15 nitrogen and oxygen atoms in total. The van der Waals surface area contributed by atoms with Gasteiger partial charge in [0, 0.05) is 69.8 Å². The van der Waals surface area contributed by atoms with Gasteiger partial charge >= 0.3 is 35.8 Å². The Hall–Kier alpha value is -3.98. The van der Waals surface area contributed by atoms with Crippen LogP contribution in [0.5, 0.6) is 0 Å². The molecule has 0 radical (unpaired) electrons. The number of hydrogen-bond donors (Lipinski definition) is 2. The lowest BCUT2D eigenvalue weighted by Crippen LogP contribution is -2.90. The van der Waals surface area contributed by atoms with E-state index in [-0.39, 0.29) is 0 Å². The van der Waals surface area contributed by atoms with E-state index in [0.717, 1.165) is 20.8 Å². The maximum Gasteiger partial charge on any atom is 0.306 e. The molecule has 1 aromatic rings. The molecular formula is C35H46O15. The van der Waals surface area contributed by atoms with Crippen molar-refractivity contribution >= 4 is 35.8 Å². The third-order valence-electron chi connectivity index (χ3n) is 12.0. The second-order valence-corrected chi connectivity index (χ2v) is 14.7. The van der Waals surface area contributed by atoms with Crippen LogP contribution in [-0.2, 0) is 57.2 Å². The van der Waals surface area contributed by atoms with Gasteiger partial charge in [-0.2, -0.15) is 0 Å². The number of ether oxygens (including phenoxy) is 6. The van der Waals surface area contributed by atoms with Gasteiger partial charge in [-0.15, -0.1) is 0 Å². The van der Waals surface area contributed by atoms with Crippen LogP contribution >= 0.6 is 0 Å². The molecule has 3 aliphatic carbocycles. The molecule has 4 aliphatic rings. The molecule has 276 valence electrons. The van der Waals surface area contributed by atoms with E-state index < -0.39 is 131 Å².